The number of hydrogen-bond acceptors (Lipinski definition) is 2. The lowest BCUT2D eigenvalue weighted by molar-refractivity contribution is -0.113. The summed E-state index contributed by atoms with van der Waals surface area (Å²) >= 11 is 0. The average Bonchev–Trinajstić information content (AvgIpc) is 2.90. The summed E-state index contributed by atoms with van der Waals surface area (Å²) in [6.45, 7) is 21.5. The minimum atomic E-state index is -1.72. The first-order chi connectivity index (χ1) is 13.3. The topological polar surface area (TPSA) is 29.5 Å². The Kier molecular flexibility index (Phi) is 5.28. The zero-order valence-electron chi connectivity index (χ0n) is 20.2. The van der Waals surface area contributed by atoms with E-state index >= 15 is 0 Å². The van der Waals surface area contributed by atoms with Crippen molar-refractivity contribution in [3.8, 4) is 0 Å². The van der Waals surface area contributed by atoms with Gasteiger partial charge in [-0.15, -0.1) is 0 Å². The van der Waals surface area contributed by atoms with Crippen molar-refractivity contribution in [1.82, 2.24) is 0 Å². The summed E-state index contributed by atoms with van der Waals surface area (Å²) in [5, 5.41) is 11.0. The first-order valence-electron chi connectivity index (χ1n) is 12.3. The molecule has 0 spiro atoms. The van der Waals surface area contributed by atoms with Crippen LogP contribution in [0.3, 0.4) is 0 Å². The molecule has 4 saturated carbocycles. The van der Waals surface area contributed by atoms with E-state index in [0.717, 1.165) is 18.3 Å². The molecule has 166 valence electrons. The van der Waals surface area contributed by atoms with Gasteiger partial charge in [-0.05, 0) is 104 Å². The molecule has 4 fully saturated rings. The molecule has 0 aromatic rings. The molecule has 8 atom stereocenters. The van der Waals surface area contributed by atoms with Crippen LogP contribution in [0.4, 0.5) is 0 Å². The van der Waals surface area contributed by atoms with Crippen molar-refractivity contribution in [3.05, 3.63) is 12.2 Å². The minimum absolute atomic E-state index is 0.0824. The lowest BCUT2D eigenvalue weighted by atomic mass is 9.44. The molecule has 0 aromatic heterocycles. The Balaban J connectivity index is 1.54. The highest BCUT2D eigenvalue weighted by molar-refractivity contribution is 6.74. The second-order valence-corrected chi connectivity index (χ2v) is 18.0. The lowest BCUT2D eigenvalue weighted by Crippen LogP contribution is -2.56. The summed E-state index contributed by atoms with van der Waals surface area (Å²) in [7, 11) is -1.72. The van der Waals surface area contributed by atoms with Crippen LogP contribution in [0, 0.1) is 34.5 Å². The monoisotopic (exact) mass is 418 g/mol. The Morgan fingerprint density at radius 1 is 1.00 bits per heavy atom. The van der Waals surface area contributed by atoms with Crippen molar-refractivity contribution in [2.75, 3.05) is 0 Å². The zero-order chi connectivity index (χ0) is 21.4. The zero-order valence-corrected chi connectivity index (χ0v) is 21.2. The molecule has 4 aliphatic rings. The smallest absolute Gasteiger partial charge is 0.192 e. The maximum Gasteiger partial charge on any atom is 0.192 e. The third kappa shape index (κ3) is 3.33. The lowest BCUT2D eigenvalue weighted by Gasteiger charge is -2.61. The summed E-state index contributed by atoms with van der Waals surface area (Å²) in [5.41, 5.74) is 2.05. The molecule has 4 aliphatic carbocycles. The standard InChI is InChI=1S/C26H46O2Si/c1-17-15-19-20-9-10-23(27)26(20,6)14-12-21(19)25(5)13-11-18(16-22(17)25)28-29(7,8)24(2,3)4/h18-23,27H,1,9-16H2,2-8H3/t18-,19-,20-,21-,22+,23-,25+,26-/m0/s1. The fourth-order valence-corrected chi connectivity index (χ4v) is 9.28. The fraction of sp³-hybridized carbons (Fsp3) is 0.923. The van der Waals surface area contributed by atoms with Gasteiger partial charge in [0.15, 0.2) is 8.32 Å². The van der Waals surface area contributed by atoms with E-state index in [0.29, 0.717) is 23.4 Å². The van der Waals surface area contributed by atoms with Crippen molar-refractivity contribution in [2.45, 2.75) is 116 Å². The molecule has 0 bridgehead atoms. The van der Waals surface area contributed by atoms with E-state index in [1.807, 2.05) is 0 Å². The van der Waals surface area contributed by atoms with Crippen molar-refractivity contribution in [2.24, 2.45) is 34.5 Å². The van der Waals surface area contributed by atoms with Gasteiger partial charge in [-0.3, -0.25) is 0 Å². The predicted octanol–water partition coefficient (Wildman–Crippen LogP) is 6.95. The highest BCUT2D eigenvalue weighted by atomic mass is 28.4. The van der Waals surface area contributed by atoms with E-state index in [9.17, 15) is 5.11 Å². The van der Waals surface area contributed by atoms with Gasteiger partial charge in [0.1, 0.15) is 0 Å². The van der Waals surface area contributed by atoms with Crippen molar-refractivity contribution in [1.29, 1.82) is 0 Å². The maximum absolute atomic E-state index is 10.7. The summed E-state index contributed by atoms with van der Waals surface area (Å²) in [6.07, 6.45) is 10.0. The summed E-state index contributed by atoms with van der Waals surface area (Å²) in [4.78, 5) is 0. The molecule has 0 radical (unpaired) electrons. The first-order valence-corrected chi connectivity index (χ1v) is 15.2. The van der Waals surface area contributed by atoms with E-state index in [4.69, 9.17) is 4.43 Å². The van der Waals surface area contributed by atoms with Crippen molar-refractivity contribution >= 4 is 8.32 Å². The van der Waals surface area contributed by atoms with Gasteiger partial charge < -0.3 is 9.53 Å². The molecule has 0 amide bonds. The predicted molar refractivity (Wildman–Crippen MR) is 124 cm³/mol. The normalized spacial score (nSPS) is 48.1. The SMILES string of the molecule is C=C1C[C@@H]2[C@H](CC[C@]3(C)[C@@H](O)CC[C@@H]23)[C@@]2(C)CC[C@H](O[Si](C)(C)C(C)(C)C)C[C@H]12. The number of rotatable bonds is 2. The molecule has 0 unspecified atom stereocenters. The Bertz CT molecular complexity index is 664. The molecule has 3 heteroatoms. The van der Waals surface area contributed by atoms with Crippen LogP contribution >= 0.6 is 0 Å². The van der Waals surface area contributed by atoms with Crippen LogP contribution < -0.4 is 0 Å². The maximum atomic E-state index is 10.7. The molecule has 2 nitrogen and oxygen atoms in total. The Morgan fingerprint density at radius 2 is 1.62 bits per heavy atom. The van der Waals surface area contributed by atoms with Crippen LogP contribution in [-0.2, 0) is 4.43 Å². The largest absolute Gasteiger partial charge is 0.414 e. The molecule has 0 saturated heterocycles. The van der Waals surface area contributed by atoms with Crippen LogP contribution in [0.25, 0.3) is 0 Å². The van der Waals surface area contributed by atoms with Gasteiger partial charge in [0, 0.05) is 6.10 Å². The van der Waals surface area contributed by atoms with E-state index in [-0.39, 0.29) is 16.6 Å². The highest BCUT2D eigenvalue weighted by Crippen LogP contribution is 2.67. The minimum Gasteiger partial charge on any atom is -0.414 e. The number of aliphatic hydroxyl groups is 1. The van der Waals surface area contributed by atoms with Crippen LogP contribution in [0.5, 0.6) is 0 Å². The second-order valence-electron chi connectivity index (χ2n) is 13.2. The van der Waals surface area contributed by atoms with E-state index in [2.05, 4.69) is 54.3 Å². The number of aliphatic hydroxyl groups excluding tert-OH is 1. The van der Waals surface area contributed by atoms with Crippen LogP contribution in [0.15, 0.2) is 12.2 Å². The van der Waals surface area contributed by atoms with E-state index in [1.54, 1.807) is 0 Å². The number of allylic oxidation sites excluding steroid dienone is 1. The van der Waals surface area contributed by atoms with E-state index < -0.39 is 8.32 Å². The third-order valence-electron chi connectivity index (χ3n) is 10.8. The van der Waals surface area contributed by atoms with Gasteiger partial charge in [-0.1, -0.05) is 46.8 Å². The van der Waals surface area contributed by atoms with E-state index in [1.165, 1.54) is 50.5 Å². The van der Waals surface area contributed by atoms with Gasteiger partial charge in [0.2, 0.25) is 0 Å². The molecule has 0 aliphatic heterocycles. The summed E-state index contributed by atoms with van der Waals surface area (Å²) in [6, 6.07) is 0. The molecule has 29 heavy (non-hydrogen) atoms. The van der Waals surface area contributed by atoms with Crippen molar-refractivity contribution < 1.29 is 9.53 Å². The van der Waals surface area contributed by atoms with Gasteiger partial charge in [-0.2, -0.15) is 0 Å². The average molecular weight is 419 g/mol. The molecule has 0 heterocycles. The fourth-order valence-electron chi connectivity index (χ4n) is 7.88. The molecule has 1 N–H and O–H groups in total. The van der Waals surface area contributed by atoms with Gasteiger partial charge >= 0.3 is 0 Å². The first kappa shape index (κ1) is 22.1. The van der Waals surface area contributed by atoms with Gasteiger partial charge in [-0.25, -0.2) is 0 Å². The molecular formula is C26H46O2Si. The Labute approximate surface area is 181 Å². The Morgan fingerprint density at radius 3 is 2.28 bits per heavy atom. The number of hydrogen-bond donors (Lipinski definition) is 1. The van der Waals surface area contributed by atoms with Crippen molar-refractivity contribution in [3.63, 3.8) is 0 Å². The molecule has 4 rings (SSSR count). The summed E-state index contributed by atoms with van der Waals surface area (Å²) < 4.78 is 6.89. The highest BCUT2D eigenvalue weighted by Gasteiger charge is 2.61. The second kappa shape index (κ2) is 6.94. The van der Waals surface area contributed by atoms with Gasteiger partial charge in [0.05, 0.1) is 6.10 Å². The van der Waals surface area contributed by atoms with Crippen LogP contribution in [-0.4, -0.2) is 25.6 Å². The van der Waals surface area contributed by atoms with Gasteiger partial charge in [0.25, 0.3) is 0 Å². The van der Waals surface area contributed by atoms with Crippen LogP contribution in [0.2, 0.25) is 18.1 Å². The quantitative estimate of drug-likeness (QED) is 0.388. The summed E-state index contributed by atoms with van der Waals surface area (Å²) in [5.74, 6) is 2.89. The molecule has 0 aromatic carbocycles. The number of fused-ring (bicyclic) bond motifs is 5. The van der Waals surface area contributed by atoms with Crippen LogP contribution in [0.1, 0.15) is 86.0 Å². The third-order valence-corrected chi connectivity index (χ3v) is 15.3. The molecular weight excluding hydrogens is 372 g/mol. The Hall–Kier alpha value is -0.123.